The van der Waals surface area contributed by atoms with Crippen LogP contribution in [-0.4, -0.2) is 48.1 Å². The third-order valence-corrected chi connectivity index (χ3v) is 11.6. The first-order chi connectivity index (χ1) is 29.0. The normalized spacial score (nSPS) is 13.9. The van der Waals surface area contributed by atoms with Crippen LogP contribution in [0.5, 0.6) is 0 Å². The van der Waals surface area contributed by atoms with Gasteiger partial charge in [-0.25, -0.2) is 14.6 Å². The summed E-state index contributed by atoms with van der Waals surface area (Å²) in [5.41, 5.74) is 8.37. The smallest absolute Gasteiger partial charge is 0.416 e. The monoisotopic (exact) mass is 838 g/mol. The number of hydrogen-bond acceptors (Lipinski definition) is 6. The topological polar surface area (TPSA) is 68.7 Å². The van der Waals surface area contributed by atoms with Gasteiger partial charge < -0.3 is 9.47 Å². The highest BCUT2D eigenvalue weighted by atomic mass is 35.5. The summed E-state index contributed by atoms with van der Waals surface area (Å²) >= 11 is 6.77. The van der Waals surface area contributed by atoms with Crippen LogP contribution in [0.3, 0.4) is 0 Å². The summed E-state index contributed by atoms with van der Waals surface area (Å²) in [6.45, 7) is 6.51. The van der Waals surface area contributed by atoms with Gasteiger partial charge in [-0.15, -0.1) is 0 Å². The lowest BCUT2D eigenvalue weighted by molar-refractivity contribution is -0.137. The van der Waals surface area contributed by atoms with Crippen LogP contribution in [0, 0.1) is 0 Å². The van der Waals surface area contributed by atoms with Gasteiger partial charge in [0.1, 0.15) is 5.69 Å². The minimum absolute atomic E-state index is 0.119. The highest BCUT2D eigenvalue weighted by Crippen LogP contribution is 2.35. The molecule has 4 aromatic carbocycles. The summed E-state index contributed by atoms with van der Waals surface area (Å²) < 4.78 is 50.2. The van der Waals surface area contributed by atoms with Gasteiger partial charge in [-0.3, -0.25) is 4.90 Å². The van der Waals surface area contributed by atoms with E-state index in [1.165, 1.54) is 23.3 Å². The molecule has 316 valence electrons. The van der Waals surface area contributed by atoms with E-state index in [4.69, 9.17) is 26.1 Å². The van der Waals surface area contributed by atoms with Crippen LogP contribution in [0.1, 0.15) is 118 Å². The maximum atomic E-state index is 13.1. The van der Waals surface area contributed by atoms with Crippen LogP contribution in [0.2, 0.25) is 5.02 Å². The van der Waals surface area contributed by atoms with E-state index in [1.807, 2.05) is 42.5 Å². The Kier molecular flexibility index (Phi) is 16.0. The molecule has 0 saturated carbocycles. The molecule has 10 heteroatoms. The minimum Gasteiger partial charge on any atom is -0.462 e. The van der Waals surface area contributed by atoms with Crippen molar-refractivity contribution in [3.63, 3.8) is 0 Å². The zero-order valence-corrected chi connectivity index (χ0v) is 35.3. The van der Waals surface area contributed by atoms with Crippen molar-refractivity contribution in [1.82, 2.24) is 9.88 Å². The number of carbonyl (C=O) groups is 2. The lowest BCUT2D eigenvalue weighted by atomic mass is 9.89. The molecule has 6 rings (SSSR count). The first kappa shape index (κ1) is 44.6. The number of hydrogen-bond donors (Lipinski definition) is 0. The van der Waals surface area contributed by atoms with Crippen LogP contribution in [0.25, 0.3) is 11.1 Å². The molecule has 1 atom stereocenters. The van der Waals surface area contributed by atoms with Crippen molar-refractivity contribution >= 4 is 23.5 Å². The van der Waals surface area contributed by atoms with Crippen LogP contribution in [0.15, 0.2) is 103 Å². The molecule has 0 aliphatic heterocycles. The maximum absolute atomic E-state index is 13.1. The van der Waals surface area contributed by atoms with Gasteiger partial charge in [0.25, 0.3) is 0 Å². The lowest BCUT2D eigenvalue weighted by Crippen LogP contribution is -2.35. The number of pyridine rings is 1. The second-order valence-electron chi connectivity index (χ2n) is 15.5. The van der Waals surface area contributed by atoms with E-state index in [2.05, 4.69) is 49.1 Å². The average molecular weight is 839 g/mol. The summed E-state index contributed by atoms with van der Waals surface area (Å²) in [5, 5.41) is 0.583. The van der Waals surface area contributed by atoms with E-state index >= 15 is 0 Å². The van der Waals surface area contributed by atoms with Crippen molar-refractivity contribution in [1.29, 1.82) is 0 Å². The number of aromatic nitrogens is 1. The molecule has 0 bridgehead atoms. The van der Waals surface area contributed by atoms with E-state index < -0.39 is 11.7 Å². The number of carbonyl (C=O) groups excluding carboxylic acids is 2. The van der Waals surface area contributed by atoms with Crippen LogP contribution in [-0.2, 0) is 47.8 Å². The number of ether oxygens (including phenoxy) is 2. The van der Waals surface area contributed by atoms with Gasteiger partial charge in [0.15, 0.2) is 0 Å². The third-order valence-electron chi connectivity index (χ3n) is 11.3. The maximum Gasteiger partial charge on any atom is 0.416 e. The molecule has 1 aliphatic carbocycles. The molecule has 1 aliphatic rings. The predicted octanol–water partition coefficient (Wildman–Crippen LogP) is 12.3. The lowest BCUT2D eigenvalue weighted by Gasteiger charge is -2.36. The third kappa shape index (κ3) is 12.1. The molecule has 0 saturated heterocycles. The Balaban J connectivity index is 1.17. The number of rotatable bonds is 19. The zero-order valence-electron chi connectivity index (χ0n) is 34.5. The second-order valence-corrected chi connectivity index (χ2v) is 15.9. The van der Waals surface area contributed by atoms with Crippen molar-refractivity contribution in [2.24, 2.45) is 0 Å². The van der Waals surface area contributed by atoms with Gasteiger partial charge in [0.2, 0.25) is 0 Å². The fraction of sp³-hybridized carbons (Fsp3) is 0.380. The van der Waals surface area contributed by atoms with Crippen LogP contribution >= 0.6 is 11.6 Å². The van der Waals surface area contributed by atoms with Gasteiger partial charge in [0.05, 0.1) is 24.3 Å². The molecule has 1 heterocycles. The summed E-state index contributed by atoms with van der Waals surface area (Å²) in [5.74, 6) is -0.677. The van der Waals surface area contributed by atoms with Crippen molar-refractivity contribution in [3.05, 3.63) is 158 Å². The number of benzene rings is 4. The molecule has 0 fully saturated rings. The molecule has 6 nitrogen and oxygen atoms in total. The first-order valence-corrected chi connectivity index (χ1v) is 21.6. The Labute approximate surface area is 357 Å². The number of unbranched alkanes of at least 4 members (excludes halogenated alkanes) is 2. The SMILES string of the molecule is CCCCOC(=O)c1ccc(CCN(CCc2ccccc2CCc2ccc(-c3ccc(C(F)(F)F)cc3)cc2Cl)[C@H]2CCCc3nc(C(=O)OCCCC)ccc32)cc1. The van der Waals surface area contributed by atoms with Crippen molar-refractivity contribution < 1.29 is 32.2 Å². The zero-order chi connectivity index (χ0) is 42.5. The van der Waals surface area contributed by atoms with Crippen LogP contribution < -0.4 is 0 Å². The number of nitrogens with zero attached hydrogens (tertiary/aromatic N) is 2. The molecule has 0 N–H and O–H groups in total. The number of alkyl halides is 3. The van der Waals surface area contributed by atoms with Crippen molar-refractivity contribution in [3.8, 4) is 11.1 Å². The first-order valence-electron chi connectivity index (χ1n) is 21.2. The van der Waals surface area contributed by atoms with Crippen LogP contribution in [0.4, 0.5) is 13.2 Å². The number of aryl methyl sites for hydroxylation is 3. The Morgan fingerprint density at radius 3 is 2.03 bits per heavy atom. The molecule has 0 spiro atoms. The second kappa shape index (κ2) is 21.5. The van der Waals surface area contributed by atoms with Crippen molar-refractivity contribution in [2.75, 3.05) is 26.3 Å². The molecule has 0 amide bonds. The number of halogens is 4. The van der Waals surface area contributed by atoms with E-state index in [1.54, 1.807) is 6.07 Å². The summed E-state index contributed by atoms with van der Waals surface area (Å²) in [6.07, 6.45) is 5.01. The van der Waals surface area contributed by atoms with E-state index in [9.17, 15) is 22.8 Å². The van der Waals surface area contributed by atoms with Gasteiger partial charge in [-0.05, 0) is 133 Å². The van der Waals surface area contributed by atoms with E-state index in [-0.39, 0.29) is 18.0 Å². The fourth-order valence-electron chi connectivity index (χ4n) is 7.77. The molecule has 0 unspecified atom stereocenters. The van der Waals surface area contributed by atoms with Crippen molar-refractivity contribution in [2.45, 2.75) is 96.7 Å². The standard InChI is InChI=1S/C50H54ClF3N2O4/c1-3-5-32-59-48(57)40-16-14-35(15-17-40)28-30-56(47-13-9-12-45-43(47)26-27-46(55-45)49(58)60-33-6-4-2)31-29-37-11-8-7-10-36(37)18-19-39-20-21-41(34-44(39)51)38-22-24-42(25-23-38)50(52,53)54/h7-8,10-11,14-17,20-27,34,47H,3-6,9,12-13,18-19,28-33H2,1-2H3/t47-/m0/s1. The summed E-state index contributed by atoms with van der Waals surface area (Å²) in [7, 11) is 0. The highest BCUT2D eigenvalue weighted by molar-refractivity contribution is 6.31. The molecular formula is C50H54ClF3N2O4. The number of fused-ring (bicyclic) bond motifs is 1. The van der Waals surface area contributed by atoms with E-state index in [0.29, 0.717) is 41.5 Å². The van der Waals surface area contributed by atoms with Gasteiger partial charge in [-0.1, -0.05) is 105 Å². The van der Waals surface area contributed by atoms with E-state index in [0.717, 1.165) is 117 Å². The average Bonchev–Trinajstić information content (AvgIpc) is 3.26. The number of esters is 2. The molecule has 5 aromatic rings. The predicted molar refractivity (Wildman–Crippen MR) is 231 cm³/mol. The Morgan fingerprint density at radius 1 is 0.733 bits per heavy atom. The molecule has 1 aromatic heterocycles. The largest absolute Gasteiger partial charge is 0.462 e. The minimum atomic E-state index is -4.39. The Morgan fingerprint density at radius 2 is 1.37 bits per heavy atom. The molecule has 60 heavy (non-hydrogen) atoms. The van der Waals surface area contributed by atoms with Gasteiger partial charge in [0, 0.05) is 29.8 Å². The fourth-order valence-corrected chi connectivity index (χ4v) is 8.04. The van der Waals surface area contributed by atoms with Gasteiger partial charge in [-0.2, -0.15) is 13.2 Å². The quantitative estimate of drug-likeness (QED) is 0.0609. The highest BCUT2D eigenvalue weighted by Gasteiger charge is 2.30. The molecule has 0 radical (unpaired) electrons. The Hall–Kier alpha value is -4.99. The molecular weight excluding hydrogens is 785 g/mol. The van der Waals surface area contributed by atoms with Gasteiger partial charge >= 0.3 is 18.1 Å². The summed E-state index contributed by atoms with van der Waals surface area (Å²) in [4.78, 5) is 32.7. The summed E-state index contributed by atoms with van der Waals surface area (Å²) in [6, 6.07) is 31.0. The Bertz CT molecular complexity index is 2190.